The van der Waals surface area contributed by atoms with Gasteiger partial charge in [-0.3, -0.25) is 4.79 Å². The predicted molar refractivity (Wildman–Crippen MR) is 103 cm³/mol. The first kappa shape index (κ1) is 20.5. The van der Waals surface area contributed by atoms with Crippen LogP contribution in [0.15, 0.2) is 18.2 Å². The SMILES string of the molecule is CNc1snc(C)c1C(=O)OC(C)C(=O)NCc1ccc(OC)c(OC)c1. The smallest absolute Gasteiger partial charge is 0.343 e. The number of carbonyl (C=O) groups is 2. The van der Waals surface area contributed by atoms with Crippen molar-refractivity contribution in [1.82, 2.24) is 9.69 Å². The predicted octanol–water partition coefficient (Wildman–Crippen LogP) is 2.37. The number of aromatic nitrogens is 1. The van der Waals surface area contributed by atoms with E-state index in [4.69, 9.17) is 14.2 Å². The molecule has 1 unspecified atom stereocenters. The van der Waals surface area contributed by atoms with Crippen molar-refractivity contribution in [3.63, 3.8) is 0 Å². The van der Waals surface area contributed by atoms with Gasteiger partial charge in [-0.1, -0.05) is 6.07 Å². The Morgan fingerprint density at radius 1 is 1.22 bits per heavy atom. The molecule has 1 atom stereocenters. The van der Waals surface area contributed by atoms with Gasteiger partial charge < -0.3 is 24.8 Å². The maximum Gasteiger partial charge on any atom is 0.343 e. The van der Waals surface area contributed by atoms with Gasteiger partial charge in [0.2, 0.25) is 0 Å². The monoisotopic (exact) mass is 393 g/mol. The Labute approximate surface area is 162 Å². The molecule has 146 valence electrons. The Kier molecular flexibility index (Phi) is 7.00. The van der Waals surface area contributed by atoms with E-state index in [1.807, 2.05) is 6.07 Å². The molecular formula is C18H23N3O5S. The second-order valence-electron chi connectivity index (χ2n) is 5.68. The maximum atomic E-state index is 12.3. The Morgan fingerprint density at radius 3 is 2.56 bits per heavy atom. The molecule has 0 radical (unpaired) electrons. The summed E-state index contributed by atoms with van der Waals surface area (Å²) >= 11 is 1.17. The van der Waals surface area contributed by atoms with Crippen molar-refractivity contribution in [1.29, 1.82) is 0 Å². The molecule has 0 bridgehead atoms. The summed E-state index contributed by atoms with van der Waals surface area (Å²) in [6.45, 7) is 3.51. The van der Waals surface area contributed by atoms with E-state index in [9.17, 15) is 9.59 Å². The number of ether oxygens (including phenoxy) is 3. The van der Waals surface area contributed by atoms with E-state index < -0.39 is 18.0 Å². The van der Waals surface area contributed by atoms with Crippen LogP contribution in [0.1, 0.15) is 28.5 Å². The Hall–Kier alpha value is -2.81. The van der Waals surface area contributed by atoms with Crippen molar-refractivity contribution in [3.8, 4) is 11.5 Å². The van der Waals surface area contributed by atoms with Crippen LogP contribution in [0.2, 0.25) is 0 Å². The van der Waals surface area contributed by atoms with Crippen molar-refractivity contribution in [2.24, 2.45) is 0 Å². The number of carbonyl (C=O) groups excluding carboxylic acids is 2. The van der Waals surface area contributed by atoms with Crippen LogP contribution in [0.5, 0.6) is 11.5 Å². The molecular weight excluding hydrogens is 370 g/mol. The first-order chi connectivity index (χ1) is 12.9. The largest absolute Gasteiger partial charge is 0.493 e. The molecule has 0 aliphatic rings. The van der Waals surface area contributed by atoms with Crippen LogP contribution >= 0.6 is 11.5 Å². The van der Waals surface area contributed by atoms with Crippen LogP contribution in [0, 0.1) is 6.92 Å². The van der Waals surface area contributed by atoms with Gasteiger partial charge in [0.15, 0.2) is 17.6 Å². The van der Waals surface area contributed by atoms with E-state index in [-0.39, 0.29) is 6.54 Å². The summed E-state index contributed by atoms with van der Waals surface area (Å²) in [6.07, 6.45) is -0.943. The van der Waals surface area contributed by atoms with Gasteiger partial charge in [0.1, 0.15) is 10.6 Å². The topological polar surface area (TPSA) is 98.8 Å². The molecule has 8 nitrogen and oxygen atoms in total. The van der Waals surface area contributed by atoms with Gasteiger partial charge in [-0.15, -0.1) is 0 Å². The third-order valence-corrected chi connectivity index (χ3v) is 4.82. The molecule has 0 spiro atoms. The summed E-state index contributed by atoms with van der Waals surface area (Å²) < 4.78 is 19.8. The molecule has 0 aliphatic heterocycles. The molecule has 2 rings (SSSR count). The van der Waals surface area contributed by atoms with Crippen LogP contribution in [-0.4, -0.2) is 43.6 Å². The van der Waals surface area contributed by atoms with Crippen molar-refractivity contribution in [3.05, 3.63) is 35.0 Å². The summed E-state index contributed by atoms with van der Waals surface area (Å²) in [6, 6.07) is 5.35. The number of anilines is 1. The number of benzene rings is 1. The maximum absolute atomic E-state index is 12.3. The summed E-state index contributed by atoms with van der Waals surface area (Å²) in [5, 5.41) is 6.25. The highest BCUT2D eigenvalue weighted by Gasteiger charge is 2.24. The highest BCUT2D eigenvalue weighted by atomic mass is 32.1. The molecule has 0 fully saturated rings. The average Bonchev–Trinajstić information content (AvgIpc) is 3.06. The fourth-order valence-electron chi connectivity index (χ4n) is 2.38. The zero-order chi connectivity index (χ0) is 20.0. The molecule has 2 N–H and O–H groups in total. The average molecular weight is 393 g/mol. The van der Waals surface area contributed by atoms with Gasteiger partial charge in [0, 0.05) is 13.6 Å². The molecule has 9 heteroatoms. The Balaban J connectivity index is 1.96. The number of hydrogen-bond donors (Lipinski definition) is 2. The zero-order valence-corrected chi connectivity index (χ0v) is 16.7. The Morgan fingerprint density at radius 2 is 1.93 bits per heavy atom. The van der Waals surface area contributed by atoms with E-state index in [1.54, 1.807) is 40.3 Å². The van der Waals surface area contributed by atoms with Crippen LogP contribution in [0.25, 0.3) is 0 Å². The number of nitrogens with one attached hydrogen (secondary N) is 2. The van der Waals surface area contributed by atoms with Gasteiger partial charge in [-0.05, 0) is 43.1 Å². The minimum atomic E-state index is -0.943. The summed E-state index contributed by atoms with van der Waals surface area (Å²) in [5.74, 6) is 0.197. The van der Waals surface area contributed by atoms with E-state index in [2.05, 4.69) is 15.0 Å². The zero-order valence-electron chi connectivity index (χ0n) is 15.9. The number of amides is 1. The number of rotatable bonds is 8. The first-order valence-electron chi connectivity index (χ1n) is 8.24. The highest BCUT2D eigenvalue weighted by molar-refractivity contribution is 7.10. The van der Waals surface area contributed by atoms with Crippen molar-refractivity contribution >= 4 is 28.4 Å². The third kappa shape index (κ3) is 4.88. The van der Waals surface area contributed by atoms with Gasteiger partial charge in [0.05, 0.1) is 19.9 Å². The molecule has 1 aromatic heterocycles. The lowest BCUT2D eigenvalue weighted by Crippen LogP contribution is -2.35. The van der Waals surface area contributed by atoms with Crippen LogP contribution in [0.3, 0.4) is 0 Å². The molecule has 0 saturated carbocycles. The molecule has 1 aromatic carbocycles. The van der Waals surface area contributed by atoms with Gasteiger partial charge in [-0.2, -0.15) is 4.37 Å². The Bertz CT molecular complexity index is 821. The van der Waals surface area contributed by atoms with Crippen molar-refractivity contribution in [2.45, 2.75) is 26.5 Å². The van der Waals surface area contributed by atoms with E-state index in [0.717, 1.165) is 5.56 Å². The quantitative estimate of drug-likeness (QED) is 0.664. The van der Waals surface area contributed by atoms with E-state index in [0.29, 0.717) is 27.8 Å². The normalized spacial score (nSPS) is 11.4. The highest BCUT2D eigenvalue weighted by Crippen LogP contribution is 2.27. The summed E-state index contributed by atoms with van der Waals surface area (Å²) in [4.78, 5) is 24.6. The fourth-order valence-corrected chi connectivity index (χ4v) is 3.11. The minimum Gasteiger partial charge on any atom is -0.493 e. The molecule has 27 heavy (non-hydrogen) atoms. The molecule has 0 saturated heterocycles. The van der Waals surface area contributed by atoms with Crippen LogP contribution < -0.4 is 20.1 Å². The number of nitrogens with zero attached hydrogens (tertiary/aromatic N) is 1. The number of aryl methyl sites for hydroxylation is 1. The standard InChI is InChI=1S/C18H23N3O5S/c1-10-15(17(19-3)27-21-10)18(23)26-11(2)16(22)20-9-12-6-7-13(24-4)14(8-12)25-5/h6-8,11,19H,9H2,1-5H3,(H,20,22). The fraction of sp³-hybridized carbons (Fsp3) is 0.389. The summed E-state index contributed by atoms with van der Waals surface area (Å²) in [7, 11) is 4.80. The van der Waals surface area contributed by atoms with Gasteiger partial charge in [0.25, 0.3) is 5.91 Å². The second kappa shape index (κ2) is 9.22. The van der Waals surface area contributed by atoms with Crippen LogP contribution in [0.4, 0.5) is 5.00 Å². The number of esters is 1. The lowest BCUT2D eigenvalue weighted by Gasteiger charge is -2.14. The van der Waals surface area contributed by atoms with Gasteiger partial charge in [-0.25, -0.2) is 4.79 Å². The molecule has 2 aromatic rings. The lowest BCUT2D eigenvalue weighted by atomic mass is 10.2. The first-order valence-corrected chi connectivity index (χ1v) is 9.02. The summed E-state index contributed by atoms with van der Waals surface area (Å²) in [5.41, 5.74) is 1.74. The number of hydrogen-bond acceptors (Lipinski definition) is 8. The molecule has 1 amide bonds. The van der Waals surface area contributed by atoms with E-state index in [1.165, 1.54) is 18.5 Å². The second-order valence-corrected chi connectivity index (χ2v) is 6.45. The number of methoxy groups -OCH3 is 2. The minimum absolute atomic E-state index is 0.266. The van der Waals surface area contributed by atoms with E-state index >= 15 is 0 Å². The van der Waals surface area contributed by atoms with Gasteiger partial charge >= 0.3 is 5.97 Å². The lowest BCUT2D eigenvalue weighted by molar-refractivity contribution is -0.129. The molecule has 0 aliphatic carbocycles. The van der Waals surface area contributed by atoms with Crippen LogP contribution in [-0.2, 0) is 16.1 Å². The third-order valence-electron chi connectivity index (χ3n) is 3.86. The van der Waals surface area contributed by atoms with Crippen molar-refractivity contribution in [2.75, 3.05) is 26.6 Å². The van der Waals surface area contributed by atoms with Crippen molar-refractivity contribution < 1.29 is 23.8 Å². The molecule has 1 heterocycles.